The molecule has 2 rings (SSSR count). The highest BCUT2D eigenvalue weighted by molar-refractivity contribution is 8.00. The molecule has 148 valence electrons. The molecular weight excluding hydrogens is 389 g/mol. The van der Waals surface area contributed by atoms with Crippen LogP contribution in [0.2, 0.25) is 0 Å². The molecule has 0 aliphatic rings. The van der Waals surface area contributed by atoms with E-state index in [1.165, 1.54) is 36.9 Å². The first-order chi connectivity index (χ1) is 13.2. The number of benzene rings is 2. The van der Waals surface area contributed by atoms with Gasteiger partial charge in [0.1, 0.15) is 5.75 Å². The molecule has 0 aliphatic heterocycles. The third-order valence-corrected chi connectivity index (χ3v) is 4.90. The minimum atomic E-state index is -4.58. The molecule has 0 radical (unpaired) electrons. The second-order valence-corrected chi connectivity index (χ2v) is 7.51. The van der Waals surface area contributed by atoms with E-state index in [0.29, 0.717) is 12.1 Å². The molecule has 0 saturated carbocycles. The molecule has 1 N–H and O–H groups in total. The number of alkyl halides is 3. The van der Waals surface area contributed by atoms with E-state index in [9.17, 15) is 18.0 Å². The number of hydrogen-bond donors (Lipinski definition) is 1. The average Bonchev–Trinajstić information content (AvgIpc) is 2.63. The lowest BCUT2D eigenvalue weighted by Gasteiger charge is -2.19. The number of hydrogen-bond acceptors (Lipinski definition) is 4. The minimum Gasteiger partial charge on any atom is -0.480 e. The van der Waals surface area contributed by atoms with E-state index in [2.05, 4.69) is 11.4 Å². The quantitative estimate of drug-likeness (QED) is 0.614. The van der Waals surface area contributed by atoms with Gasteiger partial charge in [-0.15, -0.1) is 11.8 Å². The molecule has 0 fully saturated rings. The Labute approximate surface area is 165 Å². The molecule has 0 heterocycles. The maximum absolute atomic E-state index is 13.1. The number of carbonyl (C=O) groups excluding carboxylic acids is 1. The van der Waals surface area contributed by atoms with Crippen molar-refractivity contribution in [3.63, 3.8) is 0 Å². The molecule has 4 nitrogen and oxygen atoms in total. The number of nitrogens with zero attached hydrogens (tertiary/aromatic N) is 1. The molecular formula is C20H19F3N2O2S. The molecule has 0 spiro atoms. The Morgan fingerprint density at radius 3 is 2.50 bits per heavy atom. The largest absolute Gasteiger partial charge is 0.480 e. The summed E-state index contributed by atoms with van der Waals surface area (Å²) in [7, 11) is 0. The summed E-state index contributed by atoms with van der Waals surface area (Å²) in [5.41, 5.74) is -0.419. The number of nitriles is 1. The van der Waals surface area contributed by atoms with Crippen molar-refractivity contribution in [3.8, 4) is 11.8 Å². The van der Waals surface area contributed by atoms with Crippen LogP contribution in [0.25, 0.3) is 0 Å². The number of nitrogens with one attached hydrogen (secondary N) is 1. The Balaban J connectivity index is 2.11. The highest BCUT2D eigenvalue weighted by Crippen LogP contribution is 2.36. The lowest BCUT2D eigenvalue weighted by Crippen LogP contribution is -2.31. The number of anilines is 1. The third kappa shape index (κ3) is 5.92. The van der Waals surface area contributed by atoms with Gasteiger partial charge in [0.05, 0.1) is 17.3 Å². The van der Waals surface area contributed by atoms with Gasteiger partial charge in [0.15, 0.2) is 6.10 Å². The molecule has 0 aliphatic carbocycles. The van der Waals surface area contributed by atoms with Crippen LogP contribution in [-0.2, 0) is 11.0 Å². The van der Waals surface area contributed by atoms with Crippen LogP contribution in [0.5, 0.6) is 5.75 Å². The number of para-hydroxylation sites is 2. The topological polar surface area (TPSA) is 62.1 Å². The number of thioether (sulfide) groups is 1. The van der Waals surface area contributed by atoms with Crippen LogP contribution < -0.4 is 10.1 Å². The van der Waals surface area contributed by atoms with Gasteiger partial charge in [0, 0.05) is 16.6 Å². The van der Waals surface area contributed by atoms with Crippen molar-refractivity contribution in [1.82, 2.24) is 0 Å². The molecule has 0 aromatic heterocycles. The minimum absolute atomic E-state index is 0.0235. The Morgan fingerprint density at radius 2 is 1.82 bits per heavy atom. The smallest absolute Gasteiger partial charge is 0.419 e. The lowest BCUT2D eigenvalue weighted by molar-refractivity contribution is -0.140. The van der Waals surface area contributed by atoms with Crippen molar-refractivity contribution in [2.24, 2.45) is 0 Å². The third-order valence-electron chi connectivity index (χ3n) is 3.72. The van der Waals surface area contributed by atoms with Crippen molar-refractivity contribution in [1.29, 1.82) is 5.26 Å². The van der Waals surface area contributed by atoms with E-state index in [1.54, 1.807) is 24.3 Å². The van der Waals surface area contributed by atoms with Crippen LogP contribution in [-0.4, -0.2) is 17.3 Å². The predicted molar refractivity (Wildman–Crippen MR) is 102 cm³/mol. The molecule has 2 unspecified atom stereocenters. The van der Waals surface area contributed by atoms with Gasteiger partial charge < -0.3 is 10.1 Å². The number of amides is 1. The summed E-state index contributed by atoms with van der Waals surface area (Å²) < 4.78 is 44.5. The summed E-state index contributed by atoms with van der Waals surface area (Å²) in [6.45, 7) is 3.28. The standard InChI is InChI=1S/C20H19F3N2O2S/c1-13(11-12-24)28-18-10-6-4-8-16(18)25-19(26)14(2)27-17-9-5-3-7-15(17)20(21,22)23/h3-10,13-14H,11H2,1-2H3,(H,25,26). The van der Waals surface area contributed by atoms with Gasteiger partial charge in [-0.1, -0.05) is 31.2 Å². The fourth-order valence-corrected chi connectivity index (χ4v) is 3.34. The molecule has 0 saturated heterocycles. The Hall–Kier alpha value is -2.66. The van der Waals surface area contributed by atoms with Crippen molar-refractivity contribution in [2.75, 3.05) is 5.32 Å². The maximum atomic E-state index is 13.1. The van der Waals surface area contributed by atoms with Gasteiger partial charge in [-0.2, -0.15) is 18.4 Å². The van der Waals surface area contributed by atoms with E-state index in [4.69, 9.17) is 10.00 Å². The van der Waals surface area contributed by atoms with Gasteiger partial charge >= 0.3 is 6.18 Å². The van der Waals surface area contributed by atoms with Crippen LogP contribution in [0, 0.1) is 11.3 Å². The van der Waals surface area contributed by atoms with Crippen molar-refractivity contribution in [2.45, 2.75) is 42.7 Å². The number of halogens is 3. The SMILES string of the molecule is CC(CC#N)Sc1ccccc1NC(=O)C(C)Oc1ccccc1C(F)(F)F. The molecule has 2 aromatic carbocycles. The van der Waals surface area contributed by atoms with E-state index >= 15 is 0 Å². The van der Waals surface area contributed by atoms with Crippen molar-refractivity contribution in [3.05, 3.63) is 54.1 Å². The fraction of sp³-hybridized carbons (Fsp3) is 0.300. The second kappa shape index (κ2) is 9.51. The zero-order valence-electron chi connectivity index (χ0n) is 15.3. The first kappa shape index (κ1) is 21.6. The summed E-state index contributed by atoms with van der Waals surface area (Å²) in [5, 5.41) is 11.5. The highest BCUT2D eigenvalue weighted by Gasteiger charge is 2.34. The lowest BCUT2D eigenvalue weighted by atomic mass is 10.2. The van der Waals surface area contributed by atoms with E-state index in [1.807, 2.05) is 6.92 Å². The zero-order chi connectivity index (χ0) is 20.7. The maximum Gasteiger partial charge on any atom is 0.419 e. The Bertz CT molecular complexity index is 865. The second-order valence-electron chi connectivity index (χ2n) is 6.03. The number of rotatable bonds is 7. The Kier molecular flexibility index (Phi) is 7.35. The van der Waals surface area contributed by atoms with Crippen LogP contribution in [0.4, 0.5) is 18.9 Å². The Morgan fingerprint density at radius 1 is 1.18 bits per heavy atom. The zero-order valence-corrected chi connectivity index (χ0v) is 16.1. The summed E-state index contributed by atoms with van der Waals surface area (Å²) in [5.74, 6) is -0.971. The van der Waals surface area contributed by atoms with Gasteiger partial charge in [-0.25, -0.2) is 0 Å². The van der Waals surface area contributed by atoms with Crippen molar-refractivity contribution < 1.29 is 22.7 Å². The monoisotopic (exact) mass is 408 g/mol. The molecule has 0 bridgehead atoms. The van der Waals surface area contributed by atoms with E-state index in [0.717, 1.165) is 11.0 Å². The van der Waals surface area contributed by atoms with Gasteiger partial charge in [-0.3, -0.25) is 4.79 Å². The van der Waals surface area contributed by atoms with Crippen molar-refractivity contribution >= 4 is 23.4 Å². The summed E-state index contributed by atoms with van der Waals surface area (Å²) in [4.78, 5) is 13.2. The van der Waals surface area contributed by atoms with Gasteiger partial charge in [0.25, 0.3) is 5.91 Å². The van der Waals surface area contributed by atoms with Crippen LogP contribution in [0.15, 0.2) is 53.4 Å². The first-order valence-corrected chi connectivity index (χ1v) is 9.36. The predicted octanol–water partition coefficient (Wildman–Crippen LogP) is 5.51. The molecule has 1 amide bonds. The first-order valence-electron chi connectivity index (χ1n) is 8.48. The summed E-state index contributed by atoms with van der Waals surface area (Å²) >= 11 is 1.43. The van der Waals surface area contributed by atoms with Crippen LogP contribution in [0.1, 0.15) is 25.8 Å². The van der Waals surface area contributed by atoms with E-state index < -0.39 is 29.5 Å². The van der Waals surface area contributed by atoms with Crippen LogP contribution in [0.3, 0.4) is 0 Å². The van der Waals surface area contributed by atoms with Gasteiger partial charge in [-0.05, 0) is 31.2 Å². The van der Waals surface area contributed by atoms with Crippen LogP contribution >= 0.6 is 11.8 Å². The molecule has 2 aromatic rings. The summed E-state index contributed by atoms with van der Waals surface area (Å²) in [6, 6.07) is 13.9. The summed E-state index contributed by atoms with van der Waals surface area (Å²) in [6.07, 6.45) is -5.37. The normalized spacial score (nSPS) is 13.3. The molecule has 28 heavy (non-hydrogen) atoms. The van der Waals surface area contributed by atoms with E-state index in [-0.39, 0.29) is 5.25 Å². The fourth-order valence-electron chi connectivity index (χ4n) is 2.34. The van der Waals surface area contributed by atoms with Gasteiger partial charge in [0.2, 0.25) is 0 Å². The molecule has 8 heteroatoms. The highest BCUT2D eigenvalue weighted by atomic mass is 32.2. The number of ether oxygens (including phenoxy) is 1. The molecule has 2 atom stereocenters. The number of carbonyl (C=O) groups is 1. The average molecular weight is 408 g/mol.